The van der Waals surface area contributed by atoms with Gasteiger partial charge in [-0.3, -0.25) is 0 Å². The molecule has 198 valence electrons. The molecule has 0 unspecified atom stereocenters. The van der Waals surface area contributed by atoms with Gasteiger partial charge in [0.15, 0.2) is 40.7 Å². The van der Waals surface area contributed by atoms with Crippen molar-refractivity contribution in [2.75, 3.05) is 0 Å². The fourth-order valence-electron chi connectivity index (χ4n) is 5.10. The van der Waals surface area contributed by atoms with Crippen LogP contribution in [0, 0.1) is 23.3 Å². The zero-order valence-electron chi connectivity index (χ0n) is 21.2. The fraction of sp³-hybridized carbons (Fsp3) is 0. The zero-order chi connectivity index (χ0) is 28.1. The molecule has 2 heterocycles. The predicted molar refractivity (Wildman–Crippen MR) is 150 cm³/mol. The summed E-state index contributed by atoms with van der Waals surface area (Å²) < 4.78 is 65.1. The minimum absolute atomic E-state index is 0.0977. The molecule has 0 aliphatic heterocycles. The fourth-order valence-corrected chi connectivity index (χ4v) is 5.10. The maximum absolute atomic E-state index is 16.0. The van der Waals surface area contributed by atoms with Gasteiger partial charge in [-0.25, -0.2) is 32.5 Å². The number of hydrogen-bond acceptors (Lipinski definition) is 3. The van der Waals surface area contributed by atoms with Crippen LogP contribution in [0.1, 0.15) is 0 Å². The van der Waals surface area contributed by atoms with Crippen LogP contribution < -0.4 is 0 Å². The van der Waals surface area contributed by atoms with Crippen molar-refractivity contribution in [3.8, 4) is 39.9 Å². The second kappa shape index (κ2) is 9.67. The Hall–Kier alpha value is -5.37. The topological polar surface area (TPSA) is 43.6 Å². The molecule has 7 rings (SSSR count). The van der Waals surface area contributed by atoms with Crippen LogP contribution in [-0.4, -0.2) is 19.5 Å². The molecule has 0 saturated carbocycles. The molecule has 5 aromatic carbocycles. The van der Waals surface area contributed by atoms with Gasteiger partial charge in [-0.05, 0) is 12.1 Å². The number of rotatable bonds is 4. The number of halogens is 4. The van der Waals surface area contributed by atoms with Gasteiger partial charge < -0.3 is 4.57 Å². The molecule has 7 aromatic rings. The van der Waals surface area contributed by atoms with Crippen molar-refractivity contribution in [2.24, 2.45) is 0 Å². The van der Waals surface area contributed by atoms with Crippen LogP contribution >= 0.6 is 0 Å². The summed E-state index contributed by atoms with van der Waals surface area (Å²) >= 11 is 0. The van der Waals surface area contributed by atoms with E-state index in [1.54, 1.807) is 109 Å². The lowest BCUT2D eigenvalue weighted by atomic mass is 10.1. The normalized spacial score (nSPS) is 11.4. The molecule has 41 heavy (non-hydrogen) atoms. The largest absolute Gasteiger partial charge is 0.304 e. The van der Waals surface area contributed by atoms with Gasteiger partial charge in [0.2, 0.25) is 0 Å². The minimum Gasteiger partial charge on any atom is -0.304 e. The van der Waals surface area contributed by atoms with E-state index in [0.29, 0.717) is 32.9 Å². The van der Waals surface area contributed by atoms with Gasteiger partial charge in [-0.2, -0.15) is 0 Å². The Kier molecular flexibility index (Phi) is 5.82. The van der Waals surface area contributed by atoms with Crippen molar-refractivity contribution in [1.29, 1.82) is 0 Å². The second-order valence-corrected chi connectivity index (χ2v) is 9.39. The van der Waals surface area contributed by atoms with Crippen LogP contribution in [0.2, 0.25) is 0 Å². The van der Waals surface area contributed by atoms with Gasteiger partial charge in [0.25, 0.3) is 0 Å². The Morgan fingerprint density at radius 3 is 1.27 bits per heavy atom. The van der Waals surface area contributed by atoms with E-state index in [0.717, 1.165) is 0 Å². The number of aromatic nitrogens is 4. The highest BCUT2D eigenvalue weighted by Crippen LogP contribution is 2.38. The van der Waals surface area contributed by atoms with E-state index in [2.05, 4.69) is 15.0 Å². The minimum atomic E-state index is -1.61. The molecule has 2 aromatic heterocycles. The number of benzene rings is 5. The number of hydrogen-bond donors (Lipinski definition) is 0. The highest BCUT2D eigenvalue weighted by molar-refractivity contribution is 6.09. The summed E-state index contributed by atoms with van der Waals surface area (Å²) in [5.74, 6) is -6.67. The van der Waals surface area contributed by atoms with E-state index < -0.39 is 40.3 Å². The van der Waals surface area contributed by atoms with Gasteiger partial charge in [0.05, 0.1) is 16.6 Å². The van der Waals surface area contributed by atoms with Gasteiger partial charge >= 0.3 is 0 Å². The molecular formula is C33H18F4N4. The van der Waals surface area contributed by atoms with Crippen molar-refractivity contribution in [1.82, 2.24) is 19.5 Å². The van der Waals surface area contributed by atoms with E-state index in [4.69, 9.17) is 0 Å². The van der Waals surface area contributed by atoms with Crippen molar-refractivity contribution in [3.63, 3.8) is 0 Å². The first kappa shape index (κ1) is 24.7. The van der Waals surface area contributed by atoms with Crippen molar-refractivity contribution in [2.45, 2.75) is 0 Å². The summed E-state index contributed by atoms with van der Waals surface area (Å²) in [6, 6.07) is 31.3. The Morgan fingerprint density at radius 1 is 0.415 bits per heavy atom. The standard InChI is InChI=1S/C33H18F4N4/c34-26-25(33-39-31(19-11-3-1-4-12-19)38-32(40-33)20-13-5-2-6-14-20)27(35)29(37)30(28(26)36)41-23-17-9-7-15-21(23)22-16-8-10-18-24(22)41/h1-18H. The van der Waals surface area contributed by atoms with E-state index >= 15 is 17.6 Å². The lowest BCUT2D eigenvalue weighted by molar-refractivity contribution is 0.453. The summed E-state index contributed by atoms with van der Waals surface area (Å²) in [7, 11) is 0. The first-order chi connectivity index (χ1) is 20.0. The van der Waals surface area contributed by atoms with Gasteiger partial charge in [0, 0.05) is 21.9 Å². The number of nitrogens with zero attached hydrogens (tertiary/aromatic N) is 4. The molecule has 4 nitrogen and oxygen atoms in total. The molecule has 0 saturated heterocycles. The second-order valence-electron chi connectivity index (χ2n) is 9.39. The molecule has 0 spiro atoms. The molecular weight excluding hydrogens is 528 g/mol. The molecule has 0 radical (unpaired) electrons. The highest BCUT2D eigenvalue weighted by Gasteiger charge is 2.31. The third-order valence-corrected chi connectivity index (χ3v) is 6.97. The molecule has 0 aliphatic rings. The average molecular weight is 547 g/mol. The molecule has 0 bridgehead atoms. The summed E-state index contributed by atoms with van der Waals surface area (Å²) in [6.45, 7) is 0. The molecule has 0 N–H and O–H groups in total. The quantitative estimate of drug-likeness (QED) is 0.164. The van der Waals surface area contributed by atoms with Crippen LogP contribution in [-0.2, 0) is 0 Å². The van der Waals surface area contributed by atoms with Gasteiger partial charge in [-0.1, -0.05) is 97.1 Å². The van der Waals surface area contributed by atoms with E-state index in [1.807, 2.05) is 0 Å². The summed E-state index contributed by atoms with van der Waals surface area (Å²) in [5, 5.41) is 1.37. The molecule has 0 amide bonds. The first-order valence-electron chi connectivity index (χ1n) is 12.7. The summed E-state index contributed by atoms with van der Waals surface area (Å²) in [6.07, 6.45) is 0. The highest BCUT2D eigenvalue weighted by atomic mass is 19.2. The molecule has 0 aliphatic carbocycles. The Bertz CT molecular complexity index is 1950. The van der Waals surface area contributed by atoms with Crippen molar-refractivity contribution < 1.29 is 17.6 Å². The zero-order valence-corrected chi connectivity index (χ0v) is 21.2. The predicted octanol–water partition coefficient (Wildman–Crippen LogP) is 8.53. The van der Waals surface area contributed by atoms with Gasteiger partial charge in [-0.15, -0.1) is 0 Å². The van der Waals surface area contributed by atoms with Gasteiger partial charge in [0.1, 0.15) is 5.69 Å². The molecule has 0 fully saturated rings. The van der Waals surface area contributed by atoms with Crippen LogP contribution in [0.5, 0.6) is 0 Å². The smallest absolute Gasteiger partial charge is 0.186 e. The van der Waals surface area contributed by atoms with E-state index in [9.17, 15) is 0 Å². The third kappa shape index (κ3) is 3.95. The Balaban J connectivity index is 1.51. The third-order valence-electron chi connectivity index (χ3n) is 6.97. The lowest BCUT2D eigenvalue weighted by Crippen LogP contribution is -2.11. The maximum Gasteiger partial charge on any atom is 0.186 e. The molecule has 0 atom stereocenters. The van der Waals surface area contributed by atoms with Crippen LogP contribution in [0.3, 0.4) is 0 Å². The summed E-state index contributed by atoms with van der Waals surface area (Å²) in [4.78, 5) is 13.0. The van der Waals surface area contributed by atoms with E-state index in [-0.39, 0.29) is 11.6 Å². The Morgan fingerprint density at radius 2 is 0.805 bits per heavy atom. The number of fused-ring (bicyclic) bond motifs is 3. The SMILES string of the molecule is Fc1c(F)c(-n2c3ccccc3c3ccccc32)c(F)c(F)c1-c1nc(-c2ccccc2)nc(-c2ccccc2)n1. The first-order valence-corrected chi connectivity index (χ1v) is 12.7. The number of para-hydroxylation sites is 2. The average Bonchev–Trinajstić information content (AvgIpc) is 3.35. The Labute approximate surface area is 231 Å². The van der Waals surface area contributed by atoms with Crippen LogP contribution in [0.4, 0.5) is 17.6 Å². The van der Waals surface area contributed by atoms with Crippen LogP contribution in [0.25, 0.3) is 61.7 Å². The van der Waals surface area contributed by atoms with E-state index in [1.165, 1.54) is 4.57 Å². The van der Waals surface area contributed by atoms with Crippen molar-refractivity contribution in [3.05, 3.63) is 132 Å². The van der Waals surface area contributed by atoms with Crippen LogP contribution in [0.15, 0.2) is 109 Å². The maximum atomic E-state index is 16.0. The monoisotopic (exact) mass is 546 g/mol. The summed E-state index contributed by atoms with van der Waals surface area (Å²) in [5.41, 5.74) is 0.00362. The lowest BCUT2D eigenvalue weighted by Gasteiger charge is -2.15. The molecule has 8 heteroatoms. The van der Waals surface area contributed by atoms with Crippen molar-refractivity contribution >= 4 is 21.8 Å².